The van der Waals surface area contributed by atoms with Gasteiger partial charge in [0, 0.05) is 22.2 Å². The van der Waals surface area contributed by atoms with Crippen molar-refractivity contribution in [2.45, 2.75) is 6.92 Å². The van der Waals surface area contributed by atoms with Gasteiger partial charge in [0.15, 0.2) is 5.70 Å². The first kappa shape index (κ1) is 16.4. The zero-order valence-electron chi connectivity index (χ0n) is 13.9. The van der Waals surface area contributed by atoms with Gasteiger partial charge < -0.3 is 9.15 Å². The number of nitrogens with zero attached hydrogens (tertiary/aromatic N) is 1. The number of esters is 1. The van der Waals surface area contributed by atoms with Crippen molar-refractivity contribution in [2.24, 2.45) is 4.99 Å². The standard InChI is InChI=1S/C21H14ClNO3/c1-13-3-2-4-15(11-13)20-23-18(21(24)26-20)12-17-9-10-19(25-17)14-5-7-16(22)8-6-14/h2-12H,1H3/b18-12-. The lowest BCUT2D eigenvalue weighted by atomic mass is 10.1. The van der Waals surface area contributed by atoms with Crippen molar-refractivity contribution in [3.05, 3.63) is 88.3 Å². The number of hydrogen-bond acceptors (Lipinski definition) is 4. The number of aliphatic imine (C=N–C) groups is 1. The Hall–Kier alpha value is -3.11. The Morgan fingerprint density at radius 2 is 1.81 bits per heavy atom. The number of hydrogen-bond donors (Lipinski definition) is 0. The molecule has 0 amide bonds. The highest BCUT2D eigenvalue weighted by Gasteiger charge is 2.24. The van der Waals surface area contributed by atoms with Crippen LogP contribution in [0.15, 0.2) is 75.8 Å². The van der Waals surface area contributed by atoms with E-state index in [1.54, 1.807) is 24.3 Å². The highest BCUT2D eigenvalue weighted by Crippen LogP contribution is 2.26. The highest BCUT2D eigenvalue weighted by molar-refractivity contribution is 6.30. The van der Waals surface area contributed by atoms with Crippen LogP contribution < -0.4 is 0 Å². The van der Waals surface area contributed by atoms with Crippen molar-refractivity contribution < 1.29 is 13.9 Å². The molecule has 26 heavy (non-hydrogen) atoms. The van der Waals surface area contributed by atoms with Crippen LogP contribution in [0.3, 0.4) is 0 Å². The molecule has 2 heterocycles. The summed E-state index contributed by atoms with van der Waals surface area (Å²) in [6, 6.07) is 18.6. The van der Waals surface area contributed by atoms with Gasteiger partial charge in [0.25, 0.3) is 0 Å². The Morgan fingerprint density at radius 1 is 1.00 bits per heavy atom. The van der Waals surface area contributed by atoms with Crippen LogP contribution >= 0.6 is 11.6 Å². The maximum atomic E-state index is 12.1. The molecule has 5 heteroatoms. The molecule has 1 aliphatic heterocycles. The van der Waals surface area contributed by atoms with E-state index in [1.165, 1.54) is 0 Å². The summed E-state index contributed by atoms with van der Waals surface area (Å²) in [5, 5.41) is 0.661. The van der Waals surface area contributed by atoms with Crippen molar-refractivity contribution in [1.29, 1.82) is 0 Å². The molecule has 1 aliphatic rings. The molecule has 4 rings (SSSR count). The van der Waals surface area contributed by atoms with Crippen LogP contribution in [-0.2, 0) is 9.53 Å². The van der Waals surface area contributed by atoms with Gasteiger partial charge in [-0.25, -0.2) is 9.79 Å². The lowest BCUT2D eigenvalue weighted by Gasteiger charge is -1.99. The maximum absolute atomic E-state index is 12.1. The van der Waals surface area contributed by atoms with Crippen molar-refractivity contribution in [3.8, 4) is 11.3 Å². The number of carbonyl (C=O) groups excluding carboxylic acids is 1. The molecule has 128 valence electrons. The fourth-order valence-electron chi connectivity index (χ4n) is 2.65. The Kier molecular flexibility index (Phi) is 4.19. The summed E-state index contributed by atoms with van der Waals surface area (Å²) >= 11 is 5.90. The second kappa shape index (κ2) is 6.65. The summed E-state index contributed by atoms with van der Waals surface area (Å²) in [4.78, 5) is 16.4. The number of rotatable bonds is 3. The van der Waals surface area contributed by atoms with Gasteiger partial charge in [-0.2, -0.15) is 0 Å². The predicted octanol–water partition coefficient (Wildman–Crippen LogP) is 5.25. The minimum Gasteiger partial charge on any atom is -0.457 e. The number of aryl methyl sites for hydroxylation is 1. The first-order valence-electron chi connectivity index (χ1n) is 8.04. The van der Waals surface area contributed by atoms with E-state index in [0.29, 0.717) is 22.4 Å². The van der Waals surface area contributed by atoms with Gasteiger partial charge in [-0.15, -0.1) is 0 Å². The molecule has 1 aromatic heterocycles. The molecule has 0 bridgehead atoms. The molecular formula is C21H14ClNO3. The van der Waals surface area contributed by atoms with Crippen LogP contribution in [-0.4, -0.2) is 11.9 Å². The lowest BCUT2D eigenvalue weighted by molar-refractivity contribution is -0.129. The smallest absolute Gasteiger partial charge is 0.363 e. The number of furan rings is 1. The highest BCUT2D eigenvalue weighted by atomic mass is 35.5. The van der Waals surface area contributed by atoms with E-state index in [-0.39, 0.29) is 5.70 Å². The largest absolute Gasteiger partial charge is 0.457 e. The van der Waals surface area contributed by atoms with E-state index in [9.17, 15) is 4.79 Å². The first-order chi connectivity index (χ1) is 12.6. The lowest BCUT2D eigenvalue weighted by Crippen LogP contribution is -2.05. The van der Waals surface area contributed by atoms with Gasteiger partial charge in [0.05, 0.1) is 0 Å². The molecule has 0 radical (unpaired) electrons. The van der Waals surface area contributed by atoms with E-state index in [1.807, 2.05) is 49.4 Å². The first-order valence-corrected chi connectivity index (χ1v) is 8.42. The van der Waals surface area contributed by atoms with Crippen LogP contribution in [0.25, 0.3) is 17.4 Å². The monoisotopic (exact) mass is 363 g/mol. The molecule has 4 nitrogen and oxygen atoms in total. The number of ether oxygens (including phenoxy) is 1. The SMILES string of the molecule is Cc1cccc(C2=N/C(=C\c3ccc(-c4ccc(Cl)cc4)o3)C(=O)O2)c1. The third-order valence-corrected chi connectivity index (χ3v) is 4.17. The van der Waals surface area contributed by atoms with Crippen molar-refractivity contribution in [2.75, 3.05) is 0 Å². The average molecular weight is 364 g/mol. The molecule has 0 aliphatic carbocycles. The van der Waals surface area contributed by atoms with Crippen molar-refractivity contribution in [1.82, 2.24) is 0 Å². The van der Waals surface area contributed by atoms with Gasteiger partial charge >= 0.3 is 5.97 Å². The third-order valence-electron chi connectivity index (χ3n) is 3.92. The van der Waals surface area contributed by atoms with Gasteiger partial charge in [-0.05, 0) is 55.5 Å². The maximum Gasteiger partial charge on any atom is 0.363 e. The predicted molar refractivity (Wildman–Crippen MR) is 101 cm³/mol. The van der Waals surface area contributed by atoms with Crippen molar-refractivity contribution in [3.63, 3.8) is 0 Å². The summed E-state index contributed by atoms with van der Waals surface area (Å²) < 4.78 is 11.1. The minimum absolute atomic E-state index is 0.207. The Morgan fingerprint density at radius 3 is 2.58 bits per heavy atom. The molecule has 0 spiro atoms. The Balaban J connectivity index is 1.62. The summed E-state index contributed by atoms with van der Waals surface area (Å²) in [6.45, 7) is 1.97. The molecule has 2 aromatic carbocycles. The Labute approximate surface area is 155 Å². The zero-order valence-corrected chi connectivity index (χ0v) is 14.7. The van der Waals surface area contributed by atoms with Crippen molar-refractivity contribution >= 4 is 29.5 Å². The summed E-state index contributed by atoms with van der Waals surface area (Å²) in [7, 11) is 0. The molecule has 0 fully saturated rings. The number of cyclic esters (lactones) is 1. The molecule has 0 saturated heterocycles. The van der Waals surface area contributed by atoms with Crippen LogP contribution in [0.2, 0.25) is 5.02 Å². The zero-order chi connectivity index (χ0) is 18.1. The van der Waals surface area contributed by atoms with Gasteiger partial charge in [-0.1, -0.05) is 29.3 Å². The second-order valence-corrected chi connectivity index (χ2v) is 6.35. The fourth-order valence-corrected chi connectivity index (χ4v) is 2.77. The third kappa shape index (κ3) is 3.32. The van der Waals surface area contributed by atoms with E-state index >= 15 is 0 Å². The van der Waals surface area contributed by atoms with Crippen LogP contribution in [0, 0.1) is 6.92 Å². The molecule has 3 aromatic rings. The van der Waals surface area contributed by atoms with E-state index in [0.717, 1.165) is 16.7 Å². The molecule has 0 atom stereocenters. The average Bonchev–Trinajstić information content (AvgIpc) is 3.23. The summed E-state index contributed by atoms with van der Waals surface area (Å²) in [6.07, 6.45) is 1.57. The van der Waals surface area contributed by atoms with Gasteiger partial charge in [0.1, 0.15) is 11.5 Å². The molecule has 0 unspecified atom stereocenters. The molecule has 0 saturated carbocycles. The van der Waals surface area contributed by atoms with Crippen LogP contribution in [0.4, 0.5) is 0 Å². The topological polar surface area (TPSA) is 51.8 Å². The summed E-state index contributed by atoms with van der Waals surface area (Å²) in [5.41, 5.74) is 2.94. The second-order valence-electron chi connectivity index (χ2n) is 5.91. The number of benzene rings is 2. The fraction of sp³-hybridized carbons (Fsp3) is 0.0476. The van der Waals surface area contributed by atoms with E-state index < -0.39 is 5.97 Å². The number of halogens is 1. The minimum atomic E-state index is -0.494. The van der Waals surface area contributed by atoms with Crippen LogP contribution in [0.5, 0.6) is 0 Å². The molecular weight excluding hydrogens is 350 g/mol. The number of carbonyl (C=O) groups is 1. The van der Waals surface area contributed by atoms with E-state index in [4.69, 9.17) is 20.8 Å². The van der Waals surface area contributed by atoms with Crippen LogP contribution in [0.1, 0.15) is 16.9 Å². The molecule has 0 N–H and O–H groups in total. The van der Waals surface area contributed by atoms with Gasteiger partial charge in [0.2, 0.25) is 5.90 Å². The normalized spacial score (nSPS) is 15.2. The summed E-state index contributed by atoms with van der Waals surface area (Å²) in [5.74, 6) is 1.01. The quantitative estimate of drug-likeness (QED) is 0.471. The van der Waals surface area contributed by atoms with Gasteiger partial charge in [-0.3, -0.25) is 0 Å². The van der Waals surface area contributed by atoms with E-state index in [2.05, 4.69) is 4.99 Å². The Bertz CT molecular complexity index is 1050.